The maximum absolute atomic E-state index is 5.21. The van der Waals surface area contributed by atoms with E-state index in [1.54, 1.807) is 37.6 Å². The molecule has 7 heterocycles. The lowest BCUT2D eigenvalue weighted by molar-refractivity contribution is 0.796. The van der Waals surface area contributed by atoms with Gasteiger partial charge in [0.2, 0.25) is 0 Å². The van der Waals surface area contributed by atoms with Crippen molar-refractivity contribution < 1.29 is 0 Å². The third kappa shape index (κ3) is 3.23. The molecule has 0 aromatic carbocycles. The molecule has 0 atom stereocenters. The summed E-state index contributed by atoms with van der Waals surface area (Å²) in [7, 11) is 0. The summed E-state index contributed by atoms with van der Waals surface area (Å²) in [5.41, 5.74) is 5.96. The lowest BCUT2D eigenvalue weighted by atomic mass is 10.0. The Hall–Kier alpha value is -4.74. The molecule has 0 fully saturated rings. The molecule has 7 aromatic heterocycles. The van der Waals surface area contributed by atoms with Gasteiger partial charge in [-0.1, -0.05) is 41.5 Å². The molecule has 0 saturated heterocycles. The van der Waals surface area contributed by atoms with Crippen molar-refractivity contribution in [2.45, 2.75) is 59.3 Å². The number of hydrogen-bond donors (Lipinski definition) is 0. The Morgan fingerprint density at radius 1 is 0.462 bits per heavy atom. The number of nitrogens with zero attached hydrogens (tertiary/aromatic N) is 12. The molecule has 198 valence electrons. The molecule has 7 rings (SSSR count). The fourth-order valence-corrected chi connectivity index (χ4v) is 5.56. The van der Waals surface area contributed by atoms with Gasteiger partial charge in [0.1, 0.15) is 19.0 Å². The molecule has 7 aromatic rings. The largest absolute Gasteiger partial charge is 0.289 e. The van der Waals surface area contributed by atoms with Crippen LogP contribution in [0.2, 0.25) is 0 Å². The van der Waals surface area contributed by atoms with E-state index in [0.29, 0.717) is 0 Å². The van der Waals surface area contributed by atoms with Gasteiger partial charge >= 0.3 is 0 Å². The first-order chi connectivity index (χ1) is 18.9. The monoisotopic (exact) mass is 522 g/mol. The van der Waals surface area contributed by atoms with Crippen LogP contribution >= 0.6 is 0 Å². The van der Waals surface area contributed by atoms with Gasteiger partial charge in [-0.15, -0.1) is 15.3 Å². The average Bonchev–Trinajstić information content (AvgIpc) is 3.74. The second-order valence-electron chi connectivity index (χ2n) is 10.8. The SMILES string of the molecule is CC(C)c1c(-n2ccnc2)nn2c1n1nc(-n3ccnc3)c(C(C)C)c1n1nc(-n3ccnc3)c(C(C)C)c21. The minimum absolute atomic E-state index is 0.160. The summed E-state index contributed by atoms with van der Waals surface area (Å²) >= 11 is 0. The first-order valence-corrected chi connectivity index (χ1v) is 13.2. The first-order valence-electron chi connectivity index (χ1n) is 13.2. The lowest BCUT2D eigenvalue weighted by Crippen LogP contribution is -2.09. The van der Waals surface area contributed by atoms with E-state index in [4.69, 9.17) is 15.3 Å². The molecule has 12 heteroatoms. The lowest BCUT2D eigenvalue weighted by Gasteiger charge is -2.11. The molecule has 0 radical (unpaired) electrons. The van der Waals surface area contributed by atoms with E-state index in [2.05, 4.69) is 56.5 Å². The Labute approximate surface area is 224 Å². The minimum atomic E-state index is 0.160. The molecular weight excluding hydrogens is 492 g/mol. The van der Waals surface area contributed by atoms with E-state index >= 15 is 0 Å². The Morgan fingerprint density at radius 3 is 0.949 bits per heavy atom. The highest BCUT2D eigenvalue weighted by Gasteiger charge is 2.31. The van der Waals surface area contributed by atoms with Crippen LogP contribution in [-0.4, -0.2) is 57.5 Å². The molecule has 0 spiro atoms. The van der Waals surface area contributed by atoms with E-state index in [9.17, 15) is 0 Å². The number of fused-ring (bicyclic) bond motifs is 6. The predicted molar refractivity (Wildman–Crippen MR) is 146 cm³/mol. The third-order valence-corrected chi connectivity index (χ3v) is 7.21. The van der Waals surface area contributed by atoms with Gasteiger partial charge in [-0.3, -0.25) is 13.7 Å². The number of rotatable bonds is 6. The van der Waals surface area contributed by atoms with Crippen molar-refractivity contribution in [3.05, 3.63) is 72.9 Å². The molecule has 0 aliphatic heterocycles. The van der Waals surface area contributed by atoms with Crippen LogP contribution in [0.3, 0.4) is 0 Å². The van der Waals surface area contributed by atoms with Gasteiger partial charge in [0.25, 0.3) is 0 Å². The molecule has 39 heavy (non-hydrogen) atoms. The van der Waals surface area contributed by atoms with Crippen LogP contribution in [0.5, 0.6) is 0 Å². The molecule has 0 unspecified atom stereocenters. The highest BCUT2D eigenvalue weighted by Crippen LogP contribution is 2.37. The minimum Gasteiger partial charge on any atom is -0.289 e. The fraction of sp³-hybridized carbons (Fsp3) is 0.333. The molecule has 0 amide bonds. The van der Waals surface area contributed by atoms with Crippen molar-refractivity contribution in [1.29, 1.82) is 0 Å². The summed E-state index contributed by atoms with van der Waals surface area (Å²) < 4.78 is 11.9. The van der Waals surface area contributed by atoms with Gasteiger partial charge in [-0.25, -0.2) is 15.0 Å². The standard InChI is InChI=1S/C27H30N12/c1-16(2)19-22(34-10-7-28-13-34)31-37-25(19)38-27(20(17(3)4)23(32-38)35-11-8-29-14-35)39-26(37)21(18(5)6)24(33-39)36-12-9-30-15-36/h7-18H,1-6H3. The third-order valence-electron chi connectivity index (χ3n) is 7.21. The maximum Gasteiger partial charge on any atom is 0.167 e. The summed E-state index contributed by atoms with van der Waals surface area (Å²) in [4.78, 5) is 12.9. The zero-order chi connectivity index (χ0) is 27.0. The summed E-state index contributed by atoms with van der Waals surface area (Å²) in [5, 5.41) is 15.6. The normalized spacial score (nSPS) is 12.5. The second kappa shape index (κ2) is 8.38. The predicted octanol–water partition coefficient (Wildman–Crippen LogP) is 4.56. The smallest absolute Gasteiger partial charge is 0.167 e. The quantitative estimate of drug-likeness (QED) is 0.317. The van der Waals surface area contributed by atoms with Gasteiger partial charge in [0.15, 0.2) is 34.4 Å². The van der Waals surface area contributed by atoms with E-state index < -0.39 is 0 Å². The first kappa shape index (κ1) is 23.4. The Balaban J connectivity index is 1.78. The zero-order valence-corrected chi connectivity index (χ0v) is 22.8. The van der Waals surface area contributed by atoms with E-state index in [-0.39, 0.29) is 17.8 Å². The van der Waals surface area contributed by atoms with Gasteiger partial charge in [-0.2, -0.15) is 13.5 Å². The second-order valence-corrected chi connectivity index (χ2v) is 10.8. The van der Waals surface area contributed by atoms with E-state index in [1.165, 1.54) is 0 Å². The van der Waals surface area contributed by atoms with Crippen molar-refractivity contribution in [2.24, 2.45) is 0 Å². The number of aromatic nitrogens is 12. The van der Waals surface area contributed by atoms with Crippen molar-refractivity contribution >= 4 is 16.9 Å². The van der Waals surface area contributed by atoms with E-state index in [1.807, 2.05) is 45.8 Å². The Morgan fingerprint density at radius 2 is 0.744 bits per heavy atom. The number of imidazole rings is 3. The van der Waals surface area contributed by atoms with Gasteiger partial charge in [-0.05, 0) is 17.8 Å². The highest BCUT2D eigenvalue weighted by molar-refractivity contribution is 5.75. The van der Waals surface area contributed by atoms with Crippen molar-refractivity contribution in [2.75, 3.05) is 0 Å². The van der Waals surface area contributed by atoms with Crippen LogP contribution in [0, 0.1) is 0 Å². The summed E-state index contributed by atoms with van der Waals surface area (Å²) in [6, 6.07) is 0. The van der Waals surface area contributed by atoms with Crippen molar-refractivity contribution in [3.63, 3.8) is 0 Å². The molecular formula is C27H30N12. The molecule has 0 bridgehead atoms. The topological polar surface area (TPSA) is 105 Å². The molecule has 0 aliphatic rings. The van der Waals surface area contributed by atoms with Crippen LogP contribution in [0.1, 0.15) is 76.0 Å². The Bertz CT molecular complexity index is 1670. The number of hydrogen-bond acceptors (Lipinski definition) is 6. The summed E-state index contributed by atoms with van der Waals surface area (Å²) in [6.07, 6.45) is 16.5. The average molecular weight is 523 g/mol. The molecule has 0 N–H and O–H groups in total. The molecule has 0 aliphatic carbocycles. The van der Waals surface area contributed by atoms with Crippen LogP contribution in [0.15, 0.2) is 56.2 Å². The fourth-order valence-electron chi connectivity index (χ4n) is 5.56. The van der Waals surface area contributed by atoms with Crippen LogP contribution in [0.25, 0.3) is 34.4 Å². The van der Waals surface area contributed by atoms with E-state index in [0.717, 1.165) is 51.1 Å². The molecule has 0 saturated carbocycles. The van der Waals surface area contributed by atoms with Gasteiger partial charge in [0.05, 0.1) is 0 Å². The van der Waals surface area contributed by atoms with Crippen molar-refractivity contribution in [1.82, 2.24) is 57.5 Å². The van der Waals surface area contributed by atoms with Crippen molar-refractivity contribution in [3.8, 4) is 17.5 Å². The zero-order valence-electron chi connectivity index (χ0n) is 22.8. The summed E-state index contributed by atoms with van der Waals surface area (Å²) in [6.45, 7) is 13.1. The Kier molecular flexibility index (Phi) is 5.03. The molecule has 12 nitrogen and oxygen atoms in total. The van der Waals surface area contributed by atoms with Crippen LogP contribution < -0.4 is 0 Å². The van der Waals surface area contributed by atoms with Crippen LogP contribution in [0.4, 0.5) is 0 Å². The van der Waals surface area contributed by atoms with Gasteiger partial charge in [0, 0.05) is 53.9 Å². The summed E-state index contributed by atoms with van der Waals surface area (Å²) in [5.74, 6) is 2.95. The maximum atomic E-state index is 5.21. The highest BCUT2D eigenvalue weighted by atomic mass is 15.5. The van der Waals surface area contributed by atoms with Crippen LogP contribution in [-0.2, 0) is 0 Å². The van der Waals surface area contributed by atoms with Gasteiger partial charge < -0.3 is 0 Å².